The number of hydrogen-bond donors (Lipinski definition) is 1. The van der Waals surface area contributed by atoms with Crippen molar-refractivity contribution in [3.63, 3.8) is 0 Å². The number of hydrogen-bond acceptors (Lipinski definition) is 4. The molecule has 0 aliphatic carbocycles. The van der Waals surface area contributed by atoms with Crippen molar-refractivity contribution < 1.29 is 23.5 Å². The summed E-state index contributed by atoms with van der Waals surface area (Å²) >= 11 is 0. The van der Waals surface area contributed by atoms with Crippen molar-refractivity contribution in [1.29, 1.82) is 0 Å². The molecular weight excluding hydrogens is 313 g/mol. The van der Waals surface area contributed by atoms with Gasteiger partial charge in [0.15, 0.2) is 6.29 Å². The fraction of sp³-hybridized carbons (Fsp3) is 0.294. The van der Waals surface area contributed by atoms with Crippen molar-refractivity contribution in [1.82, 2.24) is 0 Å². The summed E-state index contributed by atoms with van der Waals surface area (Å²) in [6.07, 6.45) is 0.394. The number of nitrogens with one attached hydrogen (secondary N) is 1. The van der Waals surface area contributed by atoms with Crippen molar-refractivity contribution in [3.8, 4) is 17.2 Å². The summed E-state index contributed by atoms with van der Waals surface area (Å²) in [6, 6.07) is 14.3. The van der Waals surface area contributed by atoms with Crippen LogP contribution in [-0.2, 0) is 4.57 Å². The van der Waals surface area contributed by atoms with Crippen molar-refractivity contribution in [2.24, 2.45) is 0 Å². The summed E-state index contributed by atoms with van der Waals surface area (Å²) in [7, 11) is 4.08. The van der Waals surface area contributed by atoms with Gasteiger partial charge in [-0.2, -0.15) is 0 Å². The quantitative estimate of drug-likeness (QED) is 0.783. The smallest absolute Gasteiger partial charge is 0.329 e. The van der Waals surface area contributed by atoms with Crippen molar-refractivity contribution in [2.75, 3.05) is 34.6 Å². The van der Waals surface area contributed by atoms with Crippen LogP contribution in [0.25, 0.3) is 0 Å². The van der Waals surface area contributed by atoms with Gasteiger partial charge < -0.3 is 18.9 Å². The van der Waals surface area contributed by atoms with Crippen LogP contribution in [0.2, 0.25) is 0 Å². The second kappa shape index (κ2) is 7.53. The van der Waals surface area contributed by atoms with E-state index >= 15 is 0 Å². The molecule has 0 radical (unpaired) electrons. The molecule has 0 aliphatic heterocycles. The molecule has 1 N–H and O–H groups in total. The highest BCUT2D eigenvalue weighted by Crippen LogP contribution is 2.44. The molecule has 0 bridgehead atoms. The molecule has 1 unspecified atom stereocenters. The highest BCUT2D eigenvalue weighted by atomic mass is 31.2. The Balaban J connectivity index is 2.31. The molecule has 0 amide bonds. The van der Waals surface area contributed by atoms with Crippen LogP contribution >= 0.6 is 7.37 Å². The molecule has 2 aromatic carbocycles. The van der Waals surface area contributed by atoms with Crippen molar-refractivity contribution in [3.05, 3.63) is 48.5 Å². The zero-order valence-electron chi connectivity index (χ0n) is 13.9. The van der Waals surface area contributed by atoms with Gasteiger partial charge in [0.05, 0.1) is 33.6 Å². The summed E-state index contributed by atoms with van der Waals surface area (Å²) in [5.74, 6) is 2.02. The van der Waals surface area contributed by atoms with Gasteiger partial charge in [-0.15, -0.1) is 0 Å². The van der Waals surface area contributed by atoms with Gasteiger partial charge in [0.1, 0.15) is 17.2 Å². The van der Waals surface area contributed by atoms with Gasteiger partial charge in [-0.05, 0) is 48.5 Å². The Hall–Kier alpha value is -1.97. The highest BCUT2D eigenvalue weighted by molar-refractivity contribution is 7.67. The number of benzene rings is 2. The molecule has 124 valence electrons. The maximum atomic E-state index is 13.4. The van der Waals surface area contributed by atoms with E-state index in [-0.39, 0.29) is 0 Å². The van der Waals surface area contributed by atoms with Crippen LogP contribution < -0.4 is 24.2 Å². The van der Waals surface area contributed by atoms with E-state index in [1.54, 1.807) is 62.8 Å². The lowest BCUT2D eigenvalue weighted by molar-refractivity contribution is -0.845. The Labute approximate surface area is 137 Å². The Morgan fingerprint density at radius 2 is 1.26 bits per heavy atom. The molecule has 0 fully saturated rings. The monoisotopic (exact) mass is 336 g/mol. The first-order valence-corrected chi connectivity index (χ1v) is 9.14. The number of ether oxygens (including phenoxy) is 2. The summed E-state index contributed by atoms with van der Waals surface area (Å²) in [4.78, 5) is 1.05. The van der Waals surface area contributed by atoms with Gasteiger partial charge in [-0.1, -0.05) is 0 Å². The van der Waals surface area contributed by atoms with E-state index in [0.717, 1.165) is 16.4 Å². The second-order valence-electron chi connectivity index (χ2n) is 5.50. The van der Waals surface area contributed by atoms with Gasteiger partial charge in [0.2, 0.25) is 0 Å². The molecule has 0 heterocycles. The van der Waals surface area contributed by atoms with E-state index in [4.69, 9.17) is 14.0 Å². The van der Waals surface area contributed by atoms with Crippen LogP contribution in [0.3, 0.4) is 0 Å². The van der Waals surface area contributed by atoms with E-state index in [1.807, 2.05) is 14.1 Å². The average Bonchev–Trinajstić information content (AvgIpc) is 2.55. The van der Waals surface area contributed by atoms with Gasteiger partial charge in [0, 0.05) is 0 Å². The lowest BCUT2D eigenvalue weighted by Crippen LogP contribution is -3.05. The van der Waals surface area contributed by atoms with Crippen LogP contribution in [0.5, 0.6) is 17.2 Å². The lowest BCUT2D eigenvalue weighted by atomic mass is 10.3. The molecule has 0 aromatic heterocycles. The maximum Gasteiger partial charge on any atom is 0.329 e. The largest absolute Gasteiger partial charge is 0.497 e. The lowest BCUT2D eigenvalue weighted by Gasteiger charge is -2.21. The molecule has 0 aliphatic rings. The van der Waals surface area contributed by atoms with Crippen LogP contribution in [0, 0.1) is 0 Å². The molecule has 0 saturated heterocycles. The third kappa shape index (κ3) is 4.50. The first-order valence-electron chi connectivity index (χ1n) is 7.33. The SMILES string of the molecule is COc1ccc(OP(=O)(C[NH+](C)C)c2ccc(OC)cc2)cc1. The predicted octanol–water partition coefficient (Wildman–Crippen LogP) is 1.79. The molecule has 0 spiro atoms. The first-order chi connectivity index (χ1) is 11.0. The normalized spacial score (nSPS) is 13.4. The molecule has 23 heavy (non-hydrogen) atoms. The topological polar surface area (TPSA) is 49.2 Å². The third-order valence-corrected chi connectivity index (χ3v) is 5.94. The molecule has 1 atom stereocenters. The molecule has 2 rings (SSSR count). The minimum Gasteiger partial charge on any atom is -0.497 e. The van der Waals surface area contributed by atoms with Crippen LogP contribution in [0.1, 0.15) is 0 Å². The maximum absolute atomic E-state index is 13.4. The molecule has 2 aromatic rings. The molecule has 0 saturated carbocycles. The molecule has 6 heteroatoms. The second-order valence-corrected chi connectivity index (χ2v) is 7.87. The van der Waals surface area contributed by atoms with Gasteiger partial charge in [-0.3, -0.25) is 4.57 Å². The van der Waals surface area contributed by atoms with Gasteiger partial charge in [-0.25, -0.2) is 0 Å². The minimum absolute atomic E-state index is 0.394. The van der Waals surface area contributed by atoms with Gasteiger partial charge >= 0.3 is 7.37 Å². The van der Waals surface area contributed by atoms with E-state index in [1.165, 1.54) is 0 Å². The number of methoxy groups -OCH3 is 2. The Bertz CT molecular complexity index is 668. The van der Waals surface area contributed by atoms with Crippen LogP contribution in [0.15, 0.2) is 48.5 Å². The third-order valence-electron chi connectivity index (χ3n) is 3.30. The summed E-state index contributed by atoms with van der Waals surface area (Å²) in [5.41, 5.74) is 0. The highest BCUT2D eigenvalue weighted by Gasteiger charge is 2.31. The average molecular weight is 336 g/mol. The Morgan fingerprint density at radius 3 is 1.70 bits per heavy atom. The number of quaternary nitrogens is 1. The van der Waals surface area contributed by atoms with Gasteiger partial charge in [0.25, 0.3) is 0 Å². The fourth-order valence-corrected chi connectivity index (χ4v) is 4.46. The Morgan fingerprint density at radius 1 is 0.826 bits per heavy atom. The summed E-state index contributed by atoms with van der Waals surface area (Å²) in [6.45, 7) is 0. The van der Waals surface area contributed by atoms with E-state index in [0.29, 0.717) is 17.3 Å². The zero-order chi connectivity index (χ0) is 16.9. The van der Waals surface area contributed by atoms with Crippen molar-refractivity contribution >= 4 is 12.7 Å². The Kier molecular flexibility index (Phi) is 5.69. The van der Waals surface area contributed by atoms with Crippen LogP contribution in [-0.4, -0.2) is 34.6 Å². The molecule has 5 nitrogen and oxygen atoms in total. The molecular formula is C17H23NO4P+. The van der Waals surface area contributed by atoms with E-state index in [2.05, 4.69) is 0 Å². The van der Waals surface area contributed by atoms with Crippen molar-refractivity contribution in [2.45, 2.75) is 0 Å². The zero-order valence-corrected chi connectivity index (χ0v) is 14.8. The predicted molar refractivity (Wildman–Crippen MR) is 91.5 cm³/mol. The standard InChI is InChI=1S/C17H22NO4P/c1-18(2)13-23(19,17-11-9-15(21-4)10-12-17)22-16-7-5-14(20-3)6-8-16/h5-12H,13H2,1-4H3/p+1. The minimum atomic E-state index is -3.04. The van der Waals surface area contributed by atoms with Crippen LogP contribution in [0.4, 0.5) is 0 Å². The van der Waals surface area contributed by atoms with E-state index < -0.39 is 7.37 Å². The number of rotatable bonds is 7. The summed E-state index contributed by atoms with van der Waals surface area (Å²) in [5, 5.41) is 0.676. The first kappa shape index (κ1) is 17.4. The van der Waals surface area contributed by atoms with E-state index in [9.17, 15) is 4.57 Å². The summed E-state index contributed by atoms with van der Waals surface area (Å²) < 4.78 is 29.6. The fourth-order valence-electron chi connectivity index (χ4n) is 2.21.